The van der Waals surface area contributed by atoms with Crippen molar-refractivity contribution >= 4 is 17.8 Å². The number of guanidine groups is 1. The van der Waals surface area contributed by atoms with Crippen molar-refractivity contribution in [1.82, 2.24) is 10.2 Å². The standard InChI is InChI=1S/C22H29FN4O3/c1-21(2)10-18(28)27(20(24)26-21)11-12-7-15(12)19(29)25-16-9-22(3,4)30-17-8-13(23)5-6-14(16)17/h5-6,8,12,15-16H,7,9-11H2,1-4H3,(H2,24,26)(H,25,29)/t12-,15?,16?/m1/s1. The Labute approximate surface area is 175 Å². The fourth-order valence-corrected chi connectivity index (χ4v) is 4.44. The molecule has 8 heteroatoms. The summed E-state index contributed by atoms with van der Waals surface area (Å²) in [6, 6.07) is 4.16. The first kappa shape index (κ1) is 20.6. The minimum Gasteiger partial charge on any atom is -0.487 e. The Balaban J connectivity index is 1.41. The summed E-state index contributed by atoms with van der Waals surface area (Å²) >= 11 is 0. The summed E-state index contributed by atoms with van der Waals surface area (Å²) in [5, 5.41) is 3.11. The van der Waals surface area contributed by atoms with E-state index >= 15 is 0 Å². The molecule has 0 aromatic heterocycles. The number of amides is 2. The summed E-state index contributed by atoms with van der Waals surface area (Å²) in [5.41, 5.74) is 5.78. The Morgan fingerprint density at radius 2 is 2.10 bits per heavy atom. The van der Waals surface area contributed by atoms with Crippen molar-refractivity contribution in [3.05, 3.63) is 29.6 Å². The molecule has 4 rings (SSSR count). The van der Waals surface area contributed by atoms with Crippen LogP contribution in [0.25, 0.3) is 0 Å². The van der Waals surface area contributed by atoms with E-state index in [-0.39, 0.29) is 41.5 Å². The van der Waals surface area contributed by atoms with Gasteiger partial charge in [0.05, 0.1) is 18.0 Å². The van der Waals surface area contributed by atoms with Gasteiger partial charge in [0.15, 0.2) is 5.96 Å². The van der Waals surface area contributed by atoms with Gasteiger partial charge in [-0.3, -0.25) is 14.5 Å². The summed E-state index contributed by atoms with van der Waals surface area (Å²) in [6.07, 6.45) is 1.60. The minimum absolute atomic E-state index is 0.0549. The Morgan fingerprint density at radius 3 is 2.80 bits per heavy atom. The third-order valence-corrected chi connectivity index (χ3v) is 6.00. The number of rotatable bonds is 4. The molecule has 1 aromatic rings. The van der Waals surface area contributed by atoms with Crippen LogP contribution in [0.1, 0.15) is 58.6 Å². The van der Waals surface area contributed by atoms with Crippen LogP contribution in [0.2, 0.25) is 0 Å². The second-order valence-electron chi connectivity index (χ2n) is 9.88. The summed E-state index contributed by atoms with van der Waals surface area (Å²) < 4.78 is 19.5. The van der Waals surface area contributed by atoms with Crippen LogP contribution in [0.3, 0.4) is 0 Å². The Kier molecular flexibility index (Phi) is 4.78. The number of nitrogens with one attached hydrogen (secondary N) is 1. The maximum absolute atomic E-state index is 13.6. The summed E-state index contributed by atoms with van der Waals surface area (Å²) in [5.74, 6) is 0.102. The molecule has 1 saturated carbocycles. The van der Waals surface area contributed by atoms with Crippen LogP contribution in [-0.2, 0) is 9.59 Å². The molecule has 30 heavy (non-hydrogen) atoms. The molecule has 1 fully saturated rings. The molecule has 2 unspecified atom stereocenters. The van der Waals surface area contributed by atoms with Crippen molar-refractivity contribution in [3.8, 4) is 5.75 Å². The molecule has 3 N–H and O–H groups in total. The zero-order chi connectivity index (χ0) is 21.8. The van der Waals surface area contributed by atoms with Crippen LogP contribution in [-0.4, -0.2) is 40.4 Å². The lowest BCUT2D eigenvalue weighted by Gasteiger charge is -2.38. The average molecular weight is 416 g/mol. The molecule has 3 aliphatic rings. The number of benzene rings is 1. The van der Waals surface area contributed by atoms with Crippen LogP contribution in [0.5, 0.6) is 5.75 Å². The van der Waals surface area contributed by atoms with E-state index in [2.05, 4.69) is 10.3 Å². The predicted molar refractivity (Wildman–Crippen MR) is 110 cm³/mol. The van der Waals surface area contributed by atoms with Crippen LogP contribution in [0.15, 0.2) is 23.2 Å². The van der Waals surface area contributed by atoms with E-state index < -0.39 is 11.1 Å². The Morgan fingerprint density at radius 1 is 1.37 bits per heavy atom. The third-order valence-electron chi connectivity index (χ3n) is 6.00. The van der Waals surface area contributed by atoms with Crippen molar-refractivity contribution < 1.29 is 18.7 Å². The molecule has 1 aromatic carbocycles. The predicted octanol–water partition coefficient (Wildman–Crippen LogP) is 2.51. The Hall–Kier alpha value is -2.64. The van der Waals surface area contributed by atoms with E-state index in [0.717, 1.165) is 5.56 Å². The van der Waals surface area contributed by atoms with E-state index in [1.807, 2.05) is 27.7 Å². The van der Waals surface area contributed by atoms with Crippen molar-refractivity contribution in [2.75, 3.05) is 6.54 Å². The lowest BCUT2D eigenvalue weighted by molar-refractivity contribution is -0.130. The molecule has 0 spiro atoms. The topological polar surface area (TPSA) is 97.0 Å². The molecule has 162 valence electrons. The largest absolute Gasteiger partial charge is 0.487 e. The van der Waals surface area contributed by atoms with Gasteiger partial charge < -0.3 is 15.8 Å². The first-order valence-corrected chi connectivity index (χ1v) is 10.4. The van der Waals surface area contributed by atoms with Gasteiger partial charge in [0.2, 0.25) is 11.8 Å². The van der Waals surface area contributed by atoms with Crippen LogP contribution >= 0.6 is 0 Å². The molecular formula is C22H29FN4O3. The smallest absolute Gasteiger partial charge is 0.231 e. The molecule has 2 amide bonds. The Bertz CT molecular complexity index is 927. The fraction of sp³-hybridized carbons (Fsp3) is 0.591. The fourth-order valence-electron chi connectivity index (χ4n) is 4.44. The number of hydrogen-bond donors (Lipinski definition) is 2. The number of ether oxygens (including phenoxy) is 1. The van der Waals surface area contributed by atoms with E-state index in [9.17, 15) is 14.0 Å². The minimum atomic E-state index is -0.514. The summed E-state index contributed by atoms with van der Waals surface area (Å²) in [6.45, 7) is 8.00. The molecule has 0 saturated heterocycles. The van der Waals surface area contributed by atoms with Crippen molar-refractivity contribution in [3.63, 3.8) is 0 Å². The van der Waals surface area contributed by atoms with Gasteiger partial charge in [-0.05, 0) is 46.1 Å². The van der Waals surface area contributed by atoms with Gasteiger partial charge in [0.25, 0.3) is 0 Å². The molecular weight excluding hydrogens is 387 g/mol. The van der Waals surface area contributed by atoms with Crippen LogP contribution < -0.4 is 15.8 Å². The average Bonchev–Trinajstić information content (AvgIpc) is 3.35. The highest BCUT2D eigenvalue weighted by atomic mass is 19.1. The van der Waals surface area contributed by atoms with Gasteiger partial charge in [-0.1, -0.05) is 6.07 Å². The first-order valence-electron chi connectivity index (χ1n) is 10.4. The maximum atomic E-state index is 13.6. The molecule has 1 aliphatic carbocycles. The molecule has 2 heterocycles. The third kappa shape index (κ3) is 4.13. The molecule has 2 aliphatic heterocycles. The molecule has 7 nitrogen and oxygen atoms in total. The quantitative estimate of drug-likeness (QED) is 0.788. The number of nitrogens with zero attached hydrogens (tertiary/aromatic N) is 2. The van der Waals surface area contributed by atoms with Gasteiger partial charge in [-0.15, -0.1) is 0 Å². The van der Waals surface area contributed by atoms with Crippen molar-refractivity contribution in [1.29, 1.82) is 0 Å². The van der Waals surface area contributed by atoms with Crippen LogP contribution in [0, 0.1) is 17.7 Å². The second-order valence-corrected chi connectivity index (χ2v) is 9.88. The highest BCUT2D eigenvalue weighted by Crippen LogP contribution is 2.43. The van der Waals surface area contributed by atoms with Crippen molar-refractivity contribution in [2.24, 2.45) is 22.6 Å². The van der Waals surface area contributed by atoms with Gasteiger partial charge in [0.1, 0.15) is 17.2 Å². The van der Waals surface area contributed by atoms with E-state index in [0.29, 0.717) is 31.6 Å². The van der Waals surface area contributed by atoms with Crippen molar-refractivity contribution in [2.45, 2.75) is 64.1 Å². The summed E-state index contributed by atoms with van der Waals surface area (Å²) in [7, 11) is 0. The highest BCUT2D eigenvalue weighted by molar-refractivity contribution is 5.99. The van der Waals surface area contributed by atoms with Gasteiger partial charge in [0, 0.05) is 30.5 Å². The second kappa shape index (κ2) is 6.96. The zero-order valence-electron chi connectivity index (χ0n) is 17.9. The number of nitrogens with two attached hydrogens (primary N) is 1. The SMILES string of the molecule is CC1(C)CC(=O)N(C[C@H]2CC2C(=O)NC2CC(C)(C)Oc3cc(F)ccc32)C(N)=N1. The lowest BCUT2D eigenvalue weighted by Crippen LogP contribution is -2.50. The first-order chi connectivity index (χ1) is 13.9. The number of halogens is 1. The molecule has 0 bridgehead atoms. The number of fused-ring (bicyclic) bond motifs is 1. The van der Waals surface area contributed by atoms with Gasteiger partial charge >= 0.3 is 0 Å². The number of aliphatic imine (C=N–C) groups is 1. The number of carbonyl (C=O) groups is 2. The number of carbonyl (C=O) groups excluding carboxylic acids is 2. The summed E-state index contributed by atoms with van der Waals surface area (Å²) in [4.78, 5) is 31.2. The molecule has 0 radical (unpaired) electrons. The van der Waals surface area contributed by atoms with Gasteiger partial charge in [-0.2, -0.15) is 0 Å². The van der Waals surface area contributed by atoms with E-state index in [1.54, 1.807) is 6.07 Å². The zero-order valence-corrected chi connectivity index (χ0v) is 17.9. The lowest BCUT2D eigenvalue weighted by atomic mass is 9.89. The highest BCUT2D eigenvalue weighted by Gasteiger charge is 2.47. The van der Waals surface area contributed by atoms with Crippen LogP contribution in [0.4, 0.5) is 4.39 Å². The van der Waals surface area contributed by atoms with E-state index in [1.165, 1.54) is 17.0 Å². The monoisotopic (exact) mass is 416 g/mol. The van der Waals surface area contributed by atoms with E-state index in [4.69, 9.17) is 10.5 Å². The maximum Gasteiger partial charge on any atom is 0.231 e. The molecule has 3 atom stereocenters. The van der Waals surface area contributed by atoms with Gasteiger partial charge in [-0.25, -0.2) is 9.38 Å². The number of hydrogen-bond acceptors (Lipinski definition) is 5. The normalized spacial score (nSPS) is 28.8.